The van der Waals surface area contributed by atoms with E-state index in [1.165, 1.54) is 0 Å². The number of benzene rings is 1. The Labute approximate surface area is 101 Å². The van der Waals surface area contributed by atoms with Crippen molar-refractivity contribution in [2.75, 3.05) is 13.2 Å². The third kappa shape index (κ3) is 3.17. The lowest BCUT2D eigenvalue weighted by atomic mass is 9.90. The molecule has 1 aliphatic heterocycles. The Morgan fingerprint density at radius 2 is 1.88 bits per heavy atom. The van der Waals surface area contributed by atoms with Gasteiger partial charge in [0.2, 0.25) is 0 Å². The average molecular weight is 232 g/mol. The maximum Gasteiger partial charge on any atom is 0.331 e. The highest BCUT2D eigenvalue weighted by atomic mass is 16.5. The van der Waals surface area contributed by atoms with Crippen LogP contribution in [0.5, 0.6) is 0 Å². The summed E-state index contributed by atoms with van der Waals surface area (Å²) in [6, 6.07) is 9.58. The first kappa shape index (κ1) is 11.9. The number of hydrogen-bond donors (Lipinski definition) is 1. The van der Waals surface area contributed by atoms with Crippen LogP contribution in [0.25, 0.3) is 6.08 Å². The van der Waals surface area contributed by atoms with Gasteiger partial charge in [-0.05, 0) is 30.4 Å². The van der Waals surface area contributed by atoms with Gasteiger partial charge in [0.15, 0.2) is 0 Å². The zero-order valence-electron chi connectivity index (χ0n) is 9.63. The minimum Gasteiger partial charge on any atom is -0.478 e. The molecule has 17 heavy (non-hydrogen) atoms. The molecular weight excluding hydrogens is 216 g/mol. The van der Waals surface area contributed by atoms with E-state index < -0.39 is 5.97 Å². The molecule has 1 N–H and O–H groups in total. The van der Waals surface area contributed by atoms with Crippen molar-refractivity contribution in [2.24, 2.45) is 5.92 Å². The molecule has 0 spiro atoms. The first-order valence-corrected chi connectivity index (χ1v) is 5.85. The van der Waals surface area contributed by atoms with Gasteiger partial charge in [0.25, 0.3) is 0 Å². The number of hydrogen-bond acceptors (Lipinski definition) is 2. The zero-order valence-corrected chi connectivity index (χ0v) is 9.63. The molecule has 0 saturated carbocycles. The van der Waals surface area contributed by atoms with Gasteiger partial charge in [-0.3, -0.25) is 0 Å². The Hall–Kier alpha value is -1.61. The van der Waals surface area contributed by atoms with Gasteiger partial charge in [0, 0.05) is 18.8 Å². The Bertz CT molecular complexity index is 403. The molecule has 2 rings (SSSR count). The van der Waals surface area contributed by atoms with E-state index in [1.54, 1.807) is 6.08 Å². The molecule has 1 fully saturated rings. The molecule has 1 aliphatic rings. The van der Waals surface area contributed by atoms with Crippen LogP contribution in [0.3, 0.4) is 0 Å². The summed E-state index contributed by atoms with van der Waals surface area (Å²) >= 11 is 0. The van der Waals surface area contributed by atoms with Crippen molar-refractivity contribution in [1.82, 2.24) is 0 Å². The van der Waals surface area contributed by atoms with E-state index in [2.05, 4.69) is 0 Å². The van der Waals surface area contributed by atoms with Crippen LogP contribution < -0.4 is 0 Å². The van der Waals surface area contributed by atoms with Crippen molar-refractivity contribution in [2.45, 2.75) is 12.8 Å². The van der Waals surface area contributed by atoms with E-state index >= 15 is 0 Å². The molecule has 0 radical (unpaired) electrons. The highest BCUT2D eigenvalue weighted by Gasteiger charge is 2.22. The molecule has 1 aromatic rings. The topological polar surface area (TPSA) is 46.5 Å². The molecule has 0 bridgehead atoms. The van der Waals surface area contributed by atoms with Gasteiger partial charge in [-0.2, -0.15) is 0 Å². The summed E-state index contributed by atoms with van der Waals surface area (Å²) in [7, 11) is 0. The first-order chi connectivity index (χ1) is 8.27. The van der Waals surface area contributed by atoms with Gasteiger partial charge >= 0.3 is 5.97 Å². The Kier molecular flexibility index (Phi) is 3.94. The summed E-state index contributed by atoms with van der Waals surface area (Å²) in [6.45, 7) is 1.31. The second kappa shape index (κ2) is 5.64. The fourth-order valence-electron chi connectivity index (χ4n) is 2.09. The molecule has 3 nitrogen and oxygen atoms in total. The predicted octanol–water partition coefficient (Wildman–Crippen LogP) is 2.58. The molecule has 0 aliphatic carbocycles. The van der Waals surface area contributed by atoms with Gasteiger partial charge in [-0.15, -0.1) is 0 Å². The predicted molar refractivity (Wildman–Crippen MR) is 65.6 cm³/mol. The number of carboxylic acids is 1. The van der Waals surface area contributed by atoms with Crippen LogP contribution in [-0.4, -0.2) is 24.3 Å². The minimum absolute atomic E-state index is 0.112. The lowest BCUT2D eigenvalue weighted by Gasteiger charge is -2.22. The quantitative estimate of drug-likeness (QED) is 0.815. The highest BCUT2D eigenvalue weighted by Crippen LogP contribution is 2.25. The summed E-state index contributed by atoms with van der Waals surface area (Å²) in [5.41, 5.74) is 1.44. The van der Waals surface area contributed by atoms with Crippen LogP contribution in [0.2, 0.25) is 0 Å². The fraction of sp³-hybridized carbons (Fsp3) is 0.357. The lowest BCUT2D eigenvalue weighted by Crippen LogP contribution is -2.21. The first-order valence-electron chi connectivity index (χ1n) is 5.85. The van der Waals surface area contributed by atoms with Crippen molar-refractivity contribution >= 4 is 12.0 Å². The van der Waals surface area contributed by atoms with Crippen LogP contribution in [-0.2, 0) is 9.53 Å². The SMILES string of the molecule is O=C(O)/C(=C/c1ccccc1)C1CCOCC1. The summed E-state index contributed by atoms with van der Waals surface area (Å²) in [5, 5.41) is 9.28. The van der Waals surface area contributed by atoms with Crippen LogP contribution in [0, 0.1) is 5.92 Å². The van der Waals surface area contributed by atoms with Crippen molar-refractivity contribution in [1.29, 1.82) is 0 Å². The molecule has 1 aromatic carbocycles. The van der Waals surface area contributed by atoms with Gasteiger partial charge in [-0.1, -0.05) is 30.3 Å². The molecule has 0 unspecified atom stereocenters. The smallest absolute Gasteiger partial charge is 0.331 e. The van der Waals surface area contributed by atoms with Gasteiger partial charge in [0.1, 0.15) is 0 Å². The van der Waals surface area contributed by atoms with Crippen molar-refractivity contribution < 1.29 is 14.6 Å². The normalized spacial score (nSPS) is 18.0. The van der Waals surface area contributed by atoms with E-state index in [0.29, 0.717) is 18.8 Å². The number of aliphatic carboxylic acids is 1. The molecule has 3 heteroatoms. The molecule has 1 saturated heterocycles. The van der Waals surface area contributed by atoms with Crippen LogP contribution in [0.4, 0.5) is 0 Å². The van der Waals surface area contributed by atoms with Crippen LogP contribution >= 0.6 is 0 Å². The summed E-state index contributed by atoms with van der Waals surface area (Å²) < 4.78 is 5.26. The third-order valence-electron chi connectivity index (χ3n) is 3.03. The monoisotopic (exact) mass is 232 g/mol. The maximum absolute atomic E-state index is 11.3. The van der Waals surface area contributed by atoms with E-state index in [1.807, 2.05) is 30.3 Å². The number of rotatable bonds is 3. The minimum atomic E-state index is -0.819. The number of carbonyl (C=O) groups is 1. The van der Waals surface area contributed by atoms with Crippen molar-refractivity contribution in [3.8, 4) is 0 Å². The third-order valence-corrected chi connectivity index (χ3v) is 3.03. The maximum atomic E-state index is 11.3. The van der Waals surface area contributed by atoms with E-state index in [4.69, 9.17) is 4.74 Å². The van der Waals surface area contributed by atoms with E-state index in [0.717, 1.165) is 18.4 Å². The van der Waals surface area contributed by atoms with Crippen molar-refractivity contribution in [3.05, 3.63) is 41.5 Å². The number of carboxylic acid groups (broad SMARTS) is 1. The molecule has 90 valence electrons. The Morgan fingerprint density at radius 1 is 1.24 bits per heavy atom. The van der Waals surface area contributed by atoms with Gasteiger partial charge in [0.05, 0.1) is 0 Å². The molecule has 0 aromatic heterocycles. The van der Waals surface area contributed by atoms with Crippen LogP contribution in [0.15, 0.2) is 35.9 Å². The fourth-order valence-corrected chi connectivity index (χ4v) is 2.09. The van der Waals surface area contributed by atoms with Crippen molar-refractivity contribution in [3.63, 3.8) is 0 Å². The average Bonchev–Trinajstić information content (AvgIpc) is 2.38. The molecule has 0 atom stereocenters. The number of ether oxygens (including phenoxy) is 1. The molecular formula is C14H16O3. The lowest BCUT2D eigenvalue weighted by molar-refractivity contribution is -0.133. The second-order valence-corrected chi connectivity index (χ2v) is 4.20. The zero-order chi connectivity index (χ0) is 12.1. The van der Waals surface area contributed by atoms with Gasteiger partial charge < -0.3 is 9.84 Å². The summed E-state index contributed by atoms with van der Waals surface area (Å²) in [4.78, 5) is 11.3. The van der Waals surface area contributed by atoms with Crippen LogP contribution in [0.1, 0.15) is 18.4 Å². The standard InChI is InChI=1S/C14H16O3/c15-14(16)13(12-6-8-17-9-7-12)10-11-4-2-1-3-5-11/h1-5,10,12H,6-9H2,(H,15,16)/b13-10+. The second-order valence-electron chi connectivity index (χ2n) is 4.20. The van der Waals surface area contributed by atoms with E-state index in [9.17, 15) is 9.90 Å². The molecule has 0 amide bonds. The van der Waals surface area contributed by atoms with E-state index in [-0.39, 0.29) is 5.92 Å². The Balaban J connectivity index is 2.22. The molecule has 1 heterocycles. The highest BCUT2D eigenvalue weighted by molar-refractivity contribution is 5.92. The summed E-state index contributed by atoms with van der Waals surface area (Å²) in [5.74, 6) is -0.706. The van der Waals surface area contributed by atoms with Gasteiger partial charge in [-0.25, -0.2) is 4.79 Å². The largest absolute Gasteiger partial charge is 0.478 e. The Morgan fingerprint density at radius 3 is 2.47 bits per heavy atom. The summed E-state index contributed by atoms with van der Waals surface area (Å²) in [6.07, 6.45) is 3.37.